The second-order valence-corrected chi connectivity index (χ2v) is 17.0. The highest BCUT2D eigenvalue weighted by molar-refractivity contribution is 5.71. The van der Waals surface area contributed by atoms with E-state index in [1.807, 2.05) is 0 Å². The molecule has 0 aliphatic heterocycles. The lowest BCUT2D eigenvalue weighted by molar-refractivity contribution is -0.167. The van der Waals surface area contributed by atoms with Crippen molar-refractivity contribution in [2.24, 2.45) is 0 Å². The fraction of sp³-hybridized carbons (Fsp3) is 0.540. The fourth-order valence-electron chi connectivity index (χ4n) is 6.52. The zero-order valence-electron chi connectivity index (χ0n) is 43.8. The lowest BCUT2D eigenvalue weighted by atomic mass is 10.1. The molecule has 0 fully saturated rings. The van der Waals surface area contributed by atoms with Gasteiger partial charge in [0.1, 0.15) is 13.2 Å². The first-order chi connectivity index (χ1) is 34.0. The molecule has 0 amide bonds. The van der Waals surface area contributed by atoms with E-state index in [0.717, 1.165) is 122 Å². The minimum absolute atomic E-state index is 0.138. The number of ether oxygens (including phenoxy) is 3. The monoisotopic (exact) mass is 949 g/mol. The van der Waals surface area contributed by atoms with Crippen LogP contribution in [-0.2, 0) is 28.6 Å². The van der Waals surface area contributed by atoms with Crippen molar-refractivity contribution in [2.45, 2.75) is 207 Å². The molecule has 0 saturated heterocycles. The van der Waals surface area contributed by atoms with E-state index in [4.69, 9.17) is 14.2 Å². The molecule has 0 aromatic carbocycles. The Morgan fingerprint density at radius 3 is 0.928 bits per heavy atom. The minimum atomic E-state index is -0.848. The van der Waals surface area contributed by atoms with Crippen molar-refractivity contribution < 1.29 is 28.6 Å². The number of unbranched alkanes of at least 4 members (excludes halogenated alkanes) is 9. The Morgan fingerprint density at radius 1 is 0.304 bits per heavy atom. The molecular weight excluding hydrogens is 853 g/mol. The lowest BCUT2D eigenvalue weighted by Crippen LogP contribution is -2.30. The van der Waals surface area contributed by atoms with Crippen LogP contribution in [0.2, 0.25) is 0 Å². The Balaban J connectivity index is 4.65. The topological polar surface area (TPSA) is 78.9 Å². The van der Waals surface area contributed by atoms with Crippen LogP contribution < -0.4 is 0 Å². The maximum absolute atomic E-state index is 12.8. The fourth-order valence-corrected chi connectivity index (χ4v) is 6.52. The molecule has 0 spiro atoms. The van der Waals surface area contributed by atoms with Gasteiger partial charge in [-0.3, -0.25) is 14.4 Å². The van der Waals surface area contributed by atoms with Crippen LogP contribution in [-0.4, -0.2) is 37.2 Å². The van der Waals surface area contributed by atoms with Gasteiger partial charge in [0.05, 0.1) is 0 Å². The highest BCUT2D eigenvalue weighted by Gasteiger charge is 2.19. The Kier molecular flexibility index (Phi) is 51.6. The normalized spacial score (nSPS) is 13.4. The molecule has 0 aliphatic rings. The van der Waals surface area contributed by atoms with E-state index in [-0.39, 0.29) is 38.0 Å². The van der Waals surface area contributed by atoms with Crippen molar-refractivity contribution in [3.8, 4) is 0 Å². The van der Waals surface area contributed by atoms with Gasteiger partial charge in [-0.1, -0.05) is 204 Å². The van der Waals surface area contributed by atoms with E-state index in [2.05, 4.69) is 179 Å². The SMILES string of the molecule is CC/C=C/C/C=C/C/C=C/C/C=C/C/C=C/CCCC(=O)OC[C@@H](COC(=O)CCCCCC/C=C/C/C=C/C/C=C/CCCCC)OC(=O)CCC/C=C/C/C=C/C/C=C/C/C=C/C/C=C/CC. The van der Waals surface area contributed by atoms with Gasteiger partial charge in [0.15, 0.2) is 6.10 Å². The smallest absolute Gasteiger partial charge is 0.306 e. The van der Waals surface area contributed by atoms with Crippen molar-refractivity contribution in [3.05, 3.63) is 158 Å². The van der Waals surface area contributed by atoms with Crippen molar-refractivity contribution >= 4 is 17.9 Å². The van der Waals surface area contributed by atoms with Gasteiger partial charge in [-0.25, -0.2) is 0 Å². The number of hydrogen-bond acceptors (Lipinski definition) is 6. The van der Waals surface area contributed by atoms with Gasteiger partial charge in [-0.05, 0) is 135 Å². The number of esters is 3. The highest BCUT2D eigenvalue weighted by Crippen LogP contribution is 2.10. The number of allylic oxidation sites excluding steroid dienone is 26. The lowest BCUT2D eigenvalue weighted by Gasteiger charge is -2.18. The molecule has 384 valence electrons. The molecule has 0 N–H and O–H groups in total. The average molecular weight is 949 g/mol. The van der Waals surface area contributed by atoms with Gasteiger partial charge in [-0.2, -0.15) is 0 Å². The summed E-state index contributed by atoms with van der Waals surface area (Å²) in [5, 5.41) is 0. The minimum Gasteiger partial charge on any atom is -0.462 e. The number of hydrogen-bond donors (Lipinski definition) is 0. The van der Waals surface area contributed by atoms with E-state index in [1.54, 1.807) is 0 Å². The third-order valence-electron chi connectivity index (χ3n) is 10.5. The summed E-state index contributed by atoms with van der Waals surface area (Å²) >= 11 is 0. The van der Waals surface area contributed by atoms with Crippen molar-refractivity contribution in [1.29, 1.82) is 0 Å². The maximum atomic E-state index is 12.8. The largest absolute Gasteiger partial charge is 0.462 e. The van der Waals surface area contributed by atoms with E-state index in [1.165, 1.54) is 25.7 Å². The predicted octanol–water partition coefficient (Wildman–Crippen LogP) is 18.2. The van der Waals surface area contributed by atoms with Crippen LogP contribution in [0.15, 0.2) is 158 Å². The number of carbonyl (C=O) groups excluding carboxylic acids is 3. The molecule has 0 aromatic heterocycles. The quantitative estimate of drug-likeness (QED) is 0.0262. The zero-order valence-corrected chi connectivity index (χ0v) is 43.8. The van der Waals surface area contributed by atoms with Crippen molar-refractivity contribution in [2.75, 3.05) is 13.2 Å². The van der Waals surface area contributed by atoms with Crippen molar-refractivity contribution in [3.63, 3.8) is 0 Å². The Hall–Kier alpha value is -4.97. The van der Waals surface area contributed by atoms with E-state index in [9.17, 15) is 14.4 Å². The zero-order chi connectivity index (χ0) is 50.0. The molecule has 0 aliphatic carbocycles. The first-order valence-corrected chi connectivity index (χ1v) is 27.0. The summed E-state index contributed by atoms with van der Waals surface area (Å²) in [5.41, 5.74) is 0. The van der Waals surface area contributed by atoms with Gasteiger partial charge in [-0.15, -0.1) is 0 Å². The van der Waals surface area contributed by atoms with Crippen molar-refractivity contribution in [1.82, 2.24) is 0 Å². The summed E-state index contributed by atoms with van der Waals surface area (Å²) in [6.45, 7) is 6.24. The van der Waals surface area contributed by atoms with E-state index in [0.29, 0.717) is 19.3 Å². The van der Waals surface area contributed by atoms with Crippen LogP contribution in [0.3, 0.4) is 0 Å². The Labute approximate surface area is 422 Å². The van der Waals surface area contributed by atoms with Gasteiger partial charge >= 0.3 is 17.9 Å². The van der Waals surface area contributed by atoms with Gasteiger partial charge in [0, 0.05) is 19.3 Å². The molecule has 0 bridgehead atoms. The molecule has 6 heteroatoms. The number of rotatable bonds is 46. The third-order valence-corrected chi connectivity index (χ3v) is 10.5. The summed E-state index contributed by atoms with van der Waals surface area (Å²) in [7, 11) is 0. The molecule has 6 nitrogen and oxygen atoms in total. The molecule has 0 radical (unpaired) electrons. The molecule has 69 heavy (non-hydrogen) atoms. The van der Waals surface area contributed by atoms with Crippen LogP contribution in [0, 0.1) is 0 Å². The summed E-state index contributed by atoms with van der Waals surface area (Å²) in [6.07, 6.45) is 80.9. The van der Waals surface area contributed by atoms with E-state index >= 15 is 0 Å². The summed E-state index contributed by atoms with van der Waals surface area (Å²) in [5.74, 6) is -1.09. The molecule has 0 rings (SSSR count). The third kappa shape index (κ3) is 53.8. The summed E-state index contributed by atoms with van der Waals surface area (Å²) < 4.78 is 16.7. The highest BCUT2D eigenvalue weighted by atomic mass is 16.6. The Bertz CT molecular complexity index is 1610. The van der Waals surface area contributed by atoms with Gasteiger partial charge in [0.25, 0.3) is 0 Å². The number of carbonyl (C=O) groups is 3. The van der Waals surface area contributed by atoms with E-state index < -0.39 is 12.1 Å². The van der Waals surface area contributed by atoms with Crippen LogP contribution in [0.1, 0.15) is 201 Å². The standard InChI is InChI=1S/C63H96O6/c1-4-7-10-13-16-19-22-25-28-31-34-37-40-43-46-49-52-55-61(64)67-58-60(69-63(66)57-54-51-48-45-42-39-36-33-30-27-24-21-18-15-12-9-6-3)59-68-62(65)56-53-50-47-44-41-38-35-32-29-26-23-20-17-14-11-8-5-2/h7,9-10,12,16-21,25-30,34-39,43,45-46,48,60H,4-6,8,11,13-15,22-24,31-33,40-42,44,47,49-59H2,1-3H3/b10-7+,12-9+,19-16+,20-17+,21-18+,28-25+,29-26+,30-27+,37-34+,38-35+,39-36+,46-43+,48-45+/t60-/m0/s1. The molecule has 0 unspecified atom stereocenters. The molecule has 1 atom stereocenters. The predicted molar refractivity (Wildman–Crippen MR) is 297 cm³/mol. The molecular formula is C63H96O6. The van der Waals surface area contributed by atoms with Crippen LogP contribution in [0.5, 0.6) is 0 Å². The second-order valence-electron chi connectivity index (χ2n) is 17.0. The molecule has 0 heterocycles. The Morgan fingerprint density at radius 2 is 0.580 bits per heavy atom. The molecule has 0 aromatic rings. The van der Waals surface area contributed by atoms with Crippen LogP contribution >= 0.6 is 0 Å². The first-order valence-electron chi connectivity index (χ1n) is 27.0. The summed E-state index contributed by atoms with van der Waals surface area (Å²) in [4.78, 5) is 38.1. The van der Waals surface area contributed by atoms with Crippen LogP contribution in [0.4, 0.5) is 0 Å². The maximum Gasteiger partial charge on any atom is 0.306 e. The average Bonchev–Trinajstić information content (AvgIpc) is 3.35. The first kappa shape index (κ1) is 64.0. The second kappa shape index (κ2) is 55.6. The van der Waals surface area contributed by atoms with Gasteiger partial charge in [0.2, 0.25) is 0 Å². The van der Waals surface area contributed by atoms with Crippen LogP contribution in [0.25, 0.3) is 0 Å². The van der Waals surface area contributed by atoms with Gasteiger partial charge < -0.3 is 14.2 Å². The summed E-state index contributed by atoms with van der Waals surface area (Å²) in [6, 6.07) is 0. The molecule has 0 saturated carbocycles.